The van der Waals surface area contributed by atoms with Crippen molar-refractivity contribution in [3.05, 3.63) is 28.4 Å². The van der Waals surface area contributed by atoms with Gasteiger partial charge < -0.3 is 4.74 Å². The molecule has 1 aromatic heterocycles. The zero-order valence-corrected chi connectivity index (χ0v) is 10.8. The summed E-state index contributed by atoms with van der Waals surface area (Å²) in [6.45, 7) is 6.33. The molecule has 0 radical (unpaired) electrons. The second kappa shape index (κ2) is 5.21. The van der Waals surface area contributed by atoms with E-state index in [2.05, 4.69) is 42.3 Å². The molecule has 1 heterocycles. The summed E-state index contributed by atoms with van der Waals surface area (Å²) < 4.78 is 6.06. The van der Waals surface area contributed by atoms with E-state index in [1.807, 2.05) is 6.92 Å². The third-order valence-corrected chi connectivity index (χ3v) is 2.99. The fourth-order valence-electron chi connectivity index (χ4n) is 2.18. The number of ether oxygens (including phenoxy) is 1. The monoisotopic (exact) mass is 232 g/mol. The quantitative estimate of drug-likeness (QED) is 0.859. The van der Waals surface area contributed by atoms with Gasteiger partial charge in [0, 0.05) is 6.42 Å². The highest BCUT2D eigenvalue weighted by Crippen LogP contribution is 2.12. The van der Waals surface area contributed by atoms with Crippen molar-refractivity contribution in [1.29, 1.82) is 0 Å². The van der Waals surface area contributed by atoms with Gasteiger partial charge in [-0.15, -0.1) is 0 Å². The third-order valence-electron chi connectivity index (χ3n) is 2.99. The number of rotatable bonds is 4. The van der Waals surface area contributed by atoms with Crippen molar-refractivity contribution in [3.63, 3.8) is 0 Å². The van der Waals surface area contributed by atoms with Crippen LogP contribution in [-0.2, 0) is 4.74 Å². The molecule has 0 fully saturated rings. The molecule has 2 rings (SSSR count). The normalized spacial score (nSPS) is 16.1. The summed E-state index contributed by atoms with van der Waals surface area (Å²) in [5, 5.41) is 9.48. The zero-order valence-electron chi connectivity index (χ0n) is 10.8. The molecule has 1 unspecified atom stereocenters. The van der Waals surface area contributed by atoms with Crippen LogP contribution in [0.5, 0.6) is 0 Å². The smallest absolute Gasteiger partial charge is 0.111 e. The molecule has 0 saturated heterocycles. The molecule has 17 heavy (non-hydrogen) atoms. The molecule has 0 bridgehead atoms. The van der Waals surface area contributed by atoms with Gasteiger partial charge in [0.15, 0.2) is 0 Å². The van der Waals surface area contributed by atoms with Crippen LogP contribution in [0, 0.1) is 6.92 Å². The first-order valence-corrected chi connectivity index (χ1v) is 6.30. The first kappa shape index (κ1) is 12.0. The Morgan fingerprint density at radius 2 is 2.35 bits per heavy atom. The lowest BCUT2D eigenvalue weighted by molar-refractivity contribution is 0.166. The van der Waals surface area contributed by atoms with Crippen LogP contribution >= 0.6 is 0 Å². The minimum absolute atomic E-state index is 0.267. The van der Waals surface area contributed by atoms with Gasteiger partial charge in [0.05, 0.1) is 22.4 Å². The highest BCUT2D eigenvalue weighted by Gasteiger charge is 2.10. The third kappa shape index (κ3) is 2.60. The van der Waals surface area contributed by atoms with Gasteiger partial charge in [-0.1, -0.05) is 25.5 Å². The van der Waals surface area contributed by atoms with E-state index in [9.17, 15) is 0 Å². The zero-order chi connectivity index (χ0) is 12.3. The van der Waals surface area contributed by atoms with Crippen molar-refractivity contribution < 1.29 is 4.74 Å². The van der Waals surface area contributed by atoms with Crippen molar-refractivity contribution in [2.45, 2.75) is 46.1 Å². The Labute approximate surface area is 102 Å². The summed E-state index contributed by atoms with van der Waals surface area (Å²) in [4.78, 5) is 0. The SMILES string of the molecule is CCCC(C)OC1=c2c(C)n[nH]c2=CC=CC1. The Balaban J connectivity index is 2.40. The van der Waals surface area contributed by atoms with Crippen LogP contribution in [0.15, 0.2) is 12.2 Å². The average Bonchev–Trinajstić information content (AvgIpc) is 2.54. The van der Waals surface area contributed by atoms with Gasteiger partial charge in [0.25, 0.3) is 0 Å². The topological polar surface area (TPSA) is 37.9 Å². The Morgan fingerprint density at radius 1 is 1.53 bits per heavy atom. The molecular formula is C14H20N2O. The minimum atomic E-state index is 0.267. The van der Waals surface area contributed by atoms with Crippen LogP contribution in [0.25, 0.3) is 11.8 Å². The molecule has 1 aliphatic rings. The number of nitrogens with one attached hydrogen (secondary N) is 1. The number of nitrogens with zero attached hydrogens (tertiary/aromatic N) is 1. The lowest BCUT2D eigenvalue weighted by Crippen LogP contribution is -2.28. The fourth-order valence-corrected chi connectivity index (χ4v) is 2.18. The molecule has 0 amide bonds. The second-order valence-corrected chi connectivity index (χ2v) is 4.54. The van der Waals surface area contributed by atoms with Crippen LogP contribution in [0.1, 0.15) is 38.8 Å². The molecule has 3 heteroatoms. The number of hydrogen-bond acceptors (Lipinski definition) is 2. The molecule has 1 N–H and O–H groups in total. The maximum atomic E-state index is 6.06. The van der Waals surface area contributed by atoms with Gasteiger partial charge in [-0.2, -0.15) is 5.10 Å². The predicted molar refractivity (Wildman–Crippen MR) is 69.7 cm³/mol. The van der Waals surface area contributed by atoms with Gasteiger partial charge in [0.2, 0.25) is 0 Å². The second-order valence-electron chi connectivity index (χ2n) is 4.54. The molecule has 1 atom stereocenters. The summed E-state index contributed by atoms with van der Waals surface area (Å²) in [6.07, 6.45) is 9.58. The van der Waals surface area contributed by atoms with E-state index in [0.717, 1.165) is 41.3 Å². The van der Waals surface area contributed by atoms with E-state index in [-0.39, 0.29) is 6.10 Å². The maximum absolute atomic E-state index is 6.06. The minimum Gasteiger partial charge on any atom is -0.494 e. The largest absolute Gasteiger partial charge is 0.494 e. The summed E-state index contributed by atoms with van der Waals surface area (Å²) in [5.74, 6) is 1.04. The number of hydrogen-bond donors (Lipinski definition) is 1. The molecule has 92 valence electrons. The van der Waals surface area contributed by atoms with Gasteiger partial charge in [-0.3, -0.25) is 5.10 Å². The number of aromatic amines is 1. The van der Waals surface area contributed by atoms with Crippen LogP contribution in [0.4, 0.5) is 0 Å². The lowest BCUT2D eigenvalue weighted by Gasteiger charge is -2.15. The molecular weight excluding hydrogens is 212 g/mol. The van der Waals surface area contributed by atoms with Crippen LogP contribution in [0.3, 0.4) is 0 Å². The summed E-state index contributed by atoms with van der Waals surface area (Å²) in [7, 11) is 0. The number of allylic oxidation sites excluding steroid dienone is 1. The molecule has 1 aliphatic carbocycles. The van der Waals surface area contributed by atoms with Crippen LogP contribution in [-0.4, -0.2) is 16.3 Å². The van der Waals surface area contributed by atoms with E-state index in [4.69, 9.17) is 4.74 Å². The van der Waals surface area contributed by atoms with Gasteiger partial charge in [0.1, 0.15) is 5.76 Å². The maximum Gasteiger partial charge on any atom is 0.111 e. The van der Waals surface area contributed by atoms with Crippen LogP contribution < -0.4 is 10.6 Å². The lowest BCUT2D eigenvalue weighted by atomic mass is 10.2. The number of fused-ring (bicyclic) bond motifs is 1. The first-order chi connectivity index (χ1) is 8.22. The summed E-state index contributed by atoms with van der Waals surface area (Å²) in [5.41, 5.74) is 1.01. The molecule has 0 spiro atoms. The number of H-pyrrole nitrogens is 1. The van der Waals surface area contributed by atoms with Crippen molar-refractivity contribution in [1.82, 2.24) is 10.2 Å². The number of aryl methyl sites for hydroxylation is 1. The van der Waals surface area contributed by atoms with Crippen molar-refractivity contribution in [2.75, 3.05) is 0 Å². The van der Waals surface area contributed by atoms with Crippen molar-refractivity contribution >= 4 is 11.8 Å². The van der Waals surface area contributed by atoms with Gasteiger partial charge in [-0.25, -0.2) is 0 Å². The molecule has 0 aliphatic heterocycles. The number of aromatic nitrogens is 2. The summed E-state index contributed by atoms with van der Waals surface area (Å²) >= 11 is 0. The Bertz CT molecular complexity index is 525. The Hall–Kier alpha value is -1.51. The Kier molecular flexibility index (Phi) is 3.67. The standard InChI is InChI=1S/C14H20N2O/c1-4-7-10(2)17-13-9-6-5-8-12-14(13)11(3)15-16-12/h5-6,8,10,16H,4,7,9H2,1-3H3. The fraction of sp³-hybridized carbons (Fsp3) is 0.500. The highest BCUT2D eigenvalue weighted by molar-refractivity contribution is 5.48. The molecule has 3 nitrogen and oxygen atoms in total. The van der Waals surface area contributed by atoms with Gasteiger partial charge in [-0.05, 0) is 26.3 Å². The van der Waals surface area contributed by atoms with E-state index >= 15 is 0 Å². The van der Waals surface area contributed by atoms with E-state index in [1.54, 1.807) is 0 Å². The predicted octanol–water partition coefficient (Wildman–Crippen LogP) is 1.77. The van der Waals surface area contributed by atoms with Gasteiger partial charge >= 0.3 is 0 Å². The Morgan fingerprint density at radius 3 is 3.12 bits per heavy atom. The van der Waals surface area contributed by atoms with E-state index in [1.165, 1.54) is 0 Å². The highest BCUT2D eigenvalue weighted by atomic mass is 16.5. The van der Waals surface area contributed by atoms with Crippen molar-refractivity contribution in [2.24, 2.45) is 0 Å². The van der Waals surface area contributed by atoms with Crippen LogP contribution in [0.2, 0.25) is 0 Å². The first-order valence-electron chi connectivity index (χ1n) is 6.30. The summed E-state index contributed by atoms with van der Waals surface area (Å²) in [6, 6.07) is 0. The molecule has 0 aromatic carbocycles. The van der Waals surface area contributed by atoms with E-state index < -0.39 is 0 Å². The molecule has 1 aromatic rings. The van der Waals surface area contributed by atoms with Crippen molar-refractivity contribution in [3.8, 4) is 0 Å². The molecule has 0 saturated carbocycles. The van der Waals surface area contributed by atoms with E-state index in [0.29, 0.717) is 0 Å². The average molecular weight is 232 g/mol.